The van der Waals surface area contributed by atoms with Crippen LogP contribution in [-0.4, -0.2) is 45.7 Å². The number of aromatic nitrogens is 1. The van der Waals surface area contributed by atoms with E-state index in [4.69, 9.17) is 4.74 Å². The molecule has 0 radical (unpaired) electrons. The molecular weight excluding hydrogens is 496 g/mol. The number of ketones is 2. The minimum absolute atomic E-state index is 0.0301. The maximum atomic E-state index is 13.4. The Morgan fingerprint density at radius 1 is 1.05 bits per heavy atom. The van der Waals surface area contributed by atoms with E-state index in [-0.39, 0.29) is 42.4 Å². The van der Waals surface area contributed by atoms with Gasteiger partial charge in [-0.05, 0) is 86.3 Å². The second-order valence-corrected chi connectivity index (χ2v) is 12.5. The minimum atomic E-state index is -1.53. The van der Waals surface area contributed by atoms with E-state index < -0.39 is 29.4 Å². The van der Waals surface area contributed by atoms with Gasteiger partial charge in [-0.3, -0.25) is 24.2 Å². The Hall–Kier alpha value is -2.87. The molecule has 210 valence electrons. The second kappa shape index (κ2) is 10.6. The van der Waals surface area contributed by atoms with Crippen LogP contribution in [0, 0.1) is 28.6 Å². The SMILES string of the molecule is CC12CCC(=O)C=C1CCC1C2CCC2(C)C1CCC2(O)C(=O)COC(=O)CCC(=O)NCc1ccccn1. The van der Waals surface area contributed by atoms with Crippen LogP contribution in [0.5, 0.6) is 0 Å². The summed E-state index contributed by atoms with van der Waals surface area (Å²) in [6, 6.07) is 5.42. The molecule has 0 aliphatic heterocycles. The van der Waals surface area contributed by atoms with Gasteiger partial charge in [0.25, 0.3) is 0 Å². The summed E-state index contributed by atoms with van der Waals surface area (Å²) in [6.07, 6.45) is 9.55. The Morgan fingerprint density at radius 3 is 2.62 bits per heavy atom. The molecule has 6 unspecified atom stereocenters. The molecule has 1 aromatic rings. The Labute approximate surface area is 230 Å². The number of hydrogen-bond acceptors (Lipinski definition) is 7. The normalized spacial score (nSPS) is 35.2. The summed E-state index contributed by atoms with van der Waals surface area (Å²) >= 11 is 0. The summed E-state index contributed by atoms with van der Waals surface area (Å²) in [5.74, 6) is -0.0379. The van der Waals surface area contributed by atoms with Crippen LogP contribution in [0.15, 0.2) is 36.0 Å². The van der Waals surface area contributed by atoms with Gasteiger partial charge in [0, 0.05) is 24.5 Å². The lowest BCUT2D eigenvalue weighted by Gasteiger charge is -2.58. The number of hydrogen-bond donors (Lipinski definition) is 2. The molecule has 8 heteroatoms. The molecule has 6 atom stereocenters. The first-order valence-electron chi connectivity index (χ1n) is 14.4. The van der Waals surface area contributed by atoms with Crippen molar-refractivity contribution < 1.29 is 29.0 Å². The van der Waals surface area contributed by atoms with Crippen LogP contribution in [0.25, 0.3) is 0 Å². The van der Waals surface area contributed by atoms with E-state index in [1.54, 1.807) is 18.3 Å². The maximum absolute atomic E-state index is 13.4. The largest absolute Gasteiger partial charge is 0.458 e. The van der Waals surface area contributed by atoms with E-state index in [0.29, 0.717) is 24.7 Å². The number of nitrogens with one attached hydrogen (secondary N) is 1. The smallest absolute Gasteiger partial charge is 0.306 e. The molecule has 3 fully saturated rings. The van der Waals surface area contributed by atoms with Crippen LogP contribution in [0.4, 0.5) is 0 Å². The number of pyridine rings is 1. The molecule has 3 saturated carbocycles. The van der Waals surface area contributed by atoms with Gasteiger partial charge in [-0.2, -0.15) is 0 Å². The van der Waals surface area contributed by atoms with Crippen LogP contribution in [0.2, 0.25) is 0 Å². The molecule has 8 nitrogen and oxygen atoms in total. The summed E-state index contributed by atoms with van der Waals surface area (Å²) in [7, 11) is 0. The highest BCUT2D eigenvalue weighted by Gasteiger charge is 2.66. The fraction of sp³-hybridized carbons (Fsp3) is 0.645. The van der Waals surface area contributed by atoms with E-state index in [1.165, 1.54) is 5.57 Å². The molecule has 4 aliphatic rings. The van der Waals surface area contributed by atoms with Crippen molar-refractivity contribution in [3.63, 3.8) is 0 Å². The van der Waals surface area contributed by atoms with Gasteiger partial charge in [-0.25, -0.2) is 0 Å². The summed E-state index contributed by atoms with van der Waals surface area (Å²) in [5.41, 5.74) is -0.0429. The molecule has 0 aromatic carbocycles. The van der Waals surface area contributed by atoms with Crippen molar-refractivity contribution in [2.45, 2.75) is 90.2 Å². The first-order valence-corrected chi connectivity index (χ1v) is 14.4. The van der Waals surface area contributed by atoms with Crippen LogP contribution in [0.3, 0.4) is 0 Å². The number of Topliss-reactive ketones (excluding diaryl/α,β-unsaturated/α-hetero) is 1. The summed E-state index contributed by atoms with van der Waals surface area (Å²) in [6.45, 7) is 4.16. The monoisotopic (exact) mass is 536 g/mol. The maximum Gasteiger partial charge on any atom is 0.306 e. The number of ether oxygens (including phenoxy) is 1. The molecule has 1 aromatic heterocycles. The van der Waals surface area contributed by atoms with E-state index in [9.17, 15) is 24.3 Å². The predicted octanol–water partition coefficient (Wildman–Crippen LogP) is 3.85. The van der Waals surface area contributed by atoms with Crippen molar-refractivity contribution in [1.82, 2.24) is 10.3 Å². The summed E-state index contributed by atoms with van der Waals surface area (Å²) < 4.78 is 5.24. The van der Waals surface area contributed by atoms with Gasteiger partial charge in [0.15, 0.2) is 12.4 Å². The standard InChI is InChI=1S/C31H40N2O6/c1-29-13-10-22(34)17-20(29)6-7-23-24(29)11-14-30(2)25(23)12-15-31(30,38)26(35)19-39-28(37)9-8-27(36)33-18-21-5-3-4-16-32-21/h3-5,16-17,23-25,38H,6-15,18-19H2,1-2H3,(H,33,36). The molecule has 2 N–H and O–H groups in total. The van der Waals surface area contributed by atoms with Crippen molar-refractivity contribution in [2.24, 2.45) is 28.6 Å². The quantitative estimate of drug-likeness (QED) is 0.484. The topological polar surface area (TPSA) is 123 Å². The molecule has 4 aliphatic carbocycles. The zero-order valence-electron chi connectivity index (χ0n) is 23.0. The zero-order chi connectivity index (χ0) is 27.8. The Morgan fingerprint density at radius 2 is 1.85 bits per heavy atom. The third kappa shape index (κ3) is 4.96. The molecule has 1 amide bonds. The number of rotatable bonds is 8. The number of aliphatic hydroxyl groups is 1. The predicted molar refractivity (Wildman–Crippen MR) is 143 cm³/mol. The molecule has 0 saturated heterocycles. The first-order chi connectivity index (χ1) is 18.6. The van der Waals surface area contributed by atoms with Crippen LogP contribution >= 0.6 is 0 Å². The van der Waals surface area contributed by atoms with Crippen LogP contribution in [-0.2, 0) is 30.5 Å². The minimum Gasteiger partial charge on any atom is -0.458 e. The van der Waals surface area contributed by atoms with E-state index in [1.807, 2.05) is 19.1 Å². The number of carbonyl (C=O) groups excluding carboxylic acids is 4. The highest BCUT2D eigenvalue weighted by atomic mass is 16.5. The lowest BCUT2D eigenvalue weighted by molar-refractivity contribution is -0.170. The summed E-state index contributed by atoms with van der Waals surface area (Å²) in [5, 5.41) is 14.5. The number of allylic oxidation sites excluding steroid dienone is 1. The third-order valence-corrected chi connectivity index (χ3v) is 10.7. The van der Waals surface area contributed by atoms with E-state index >= 15 is 0 Å². The fourth-order valence-electron chi connectivity index (χ4n) is 8.37. The van der Waals surface area contributed by atoms with E-state index in [2.05, 4.69) is 17.2 Å². The molecular formula is C31H40N2O6. The van der Waals surface area contributed by atoms with Gasteiger partial charge in [-0.15, -0.1) is 0 Å². The Balaban J connectivity index is 1.15. The molecule has 1 heterocycles. The van der Waals surface area contributed by atoms with Gasteiger partial charge in [0.1, 0.15) is 5.60 Å². The van der Waals surface area contributed by atoms with Crippen molar-refractivity contribution in [3.05, 3.63) is 41.7 Å². The van der Waals surface area contributed by atoms with Crippen molar-refractivity contribution in [1.29, 1.82) is 0 Å². The van der Waals surface area contributed by atoms with E-state index in [0.717, 1.165) is 44.2 Å². The zero-order valence-corrected chi connectivity index (χ0v) is 23.0. The fourth-order valence-corrected chi connectivity index (χ4v) is 8.37. The average molecular weight is 537 g/mol. The first kappa shape index (κ1) is 27.7. The van der Waals surface area contributed by atoms with Gasteiger partial charge in [0.2, 0.25) is 11.7 Å². The number of nitrogens with zero attached hydrogens (tertiary/aromatic N) is 1. The number of fused-ring (bicyclic) bond motifs is 5. The van der Waals surface area contributed by atoms with Gasteiger partial charge < -0.3 is 15.2 Å². The van der Waals surface area contributed by atoms with Crippen molar-refractivity contribution >= 4 is 23.4 Å². The molecule has 0 spiro atoms. The van der Waals surface area contributed by atoms with Crippen LogP contribution in [0.1, 0.15) is 83.7 Å². The van der Waals surface area contributed by atoms with Gasteiger partial charge in [0.05, 0.1) is 18.7 Å². The number of amides is 1. The van der Waals surface area contributed by atoms with Crippen molar-refractivity contribution in [2.75, 3.05) is 6.61 Å². The molecule has 5 rings (SSSR count). The van der Waals surface area contributed by atoms with Gasteiger partial charge in [-0.1, -0.05) is 25.5 Å². The second-order valence-electron chi connectivity index (χ2n) is 12.5. The highest BCUT2D eigenvalue weighted by Crippen LogP contribution is 2.67. The number of carbonyl (C=O) groups is 4. The van der Waals surface area contributed by atoms with Crippen LogP contribution < -0.4 is 5.32 Å². The Bertz CT molecular complexity index is 1180. The van der Waals surface area contributed by atoms with Crippen molar-refractivity contribution in [3.8, 4) is 0 Å². The molecule has 0 bridgehead atoms. The van der Waals surface area contributed by atoms with Gasteiger partial charge >= 0.3 is 5.97 Å². The Kier molecular flexibility index (Phi) is 7.53. The highest BCUT2D eigenvalue weighted by molar-refractivity contribution is 5.92. The third-order valence-electron chi connectivity index (χ3n) is 10.7. The average Bonchev–Trinajstić information content (AvgIpc) is 3.21. The molecule has 39 heavy (non-hydrogen) atoms. The summed E-state index contributed by atoms with van der Waals surface area (Å²) in [4.78, 5) is 54.0. The lowest BCUT2D eigenvalue weighted by atomic mass is 9.46. The number of esters is 1. The lowest BCUT2D eigenvalue weighted by Crippen LogP contribution is -2.58.